The quantitative estimate of drug-likeness (QED) is 0.629. The molecule has 152 valence electrons. The topological polar surface area (TPSA) is 84.9 Å². The molecule has 0 saturated carbocycles. The van der Waals surface area contributed by atoms with Crippen molar-refractivity contribution in [2.24, 2.45) is 0 Å². The van der Waals surface area contributed by atoms with Gasteiger partial charge in [0.1, 0.15) is 6.61 Å². The Bertz CT molecular complexity index is 1100. The van der Waals surface area contributed by atoms with E-state index in [1.165, 1.54) is 7.11 Å². The molecule has 3 aromatic carbocycles. The monoisotopic (exact) mass is 407 g/mol. The fourth-order valence-corrected chi connectivity index (χ4v) is 3.73. The minimum Gasteiger partial charge on any atom is -0.494 e. The Hall–Kier alpha value is -3.87. The van der Waals surface area contributed by atoms with Crippen LogP contribution in [0.25, 0.3) is 11.1 Å². The van der Waals surface area contributed by atoms with E-state index in [4.69, 9.17) is 9.47 Å². The molecular weight excluding hydrogens is 389 g/mol. The van der Waals surface area contributed by atoms with Gasteiger partial charge in [-0.15, -0.1) is 0 Å². The van der Waals surface area contributed by atoms with E-state index >= 15 is 0 Å². The lowest BCUT2D eigenvalue weighted by Gasteiger charge is -2.15. The van der Waals surface area contributed by atoms with E-state index in [1.807, 2.05) is 48.5 Å². The van der Waals surface area contributed by atoms with Crippen molar-refractivity contribution in [2.45, 2.75) is 5.92 Å². The number of fused-ring (bicyclic) bond motifs is 3. The summed E-state index contributed by atoms with van der Waals surface area (Å²) >= 11 is 0. The molecule has 1 amide bonds. The highest BCUT2D eigenvalue weighted by Crippen LogP contribution is 2.44. The highest BCUT2D eigenvalue weighted by atomic mass is 19.1. The summed E-state index contributed by atoms with van der Waals surface area (Å²) in [6.07, 6.45) is -0.840. The second-order valence-electron chi connectivity index (χ2n) is 6.79. The molecule has 0 aliphatic heterocycles. The predicted octanol–water partition coefficient (Wildman–Crippen LogP) is 4.89. The Balaban J connectivity index is 1.53. The number of carboxylic acid groups (broad SMARTS) is 1. The van der Waals surface area contributed by atoms with E-state index in [2.05, 4.69) is 5.32 Å². The Morgan fingerprint density at radius 2 is 1.63 bits per heavy atom. The first kappa shape index (κ1) is 19.4. The number of methoxy groups -OCH3 is 1. The van der Waals surface area contributed by atoms with Gasteiger partial charge in [-0.05, 0) is 28.3 Å². The molecule has 1 aliphatic carbocycles. The van der Waals surface area contributed by atoms with Crippen LogP contribution in [-0.2, 0) is 4.74 Å². The van der Waals surface area contributed by atoms with Crippen molar-refractivity contribution in [1.82, 2.24) is 0 Å². The van der Waals surface area contributed by atoms with Crippen molar-refractivity contribution in [3.05, 3.63) is 83.2 Å². The number of aromatic carboxylic acids is 1. The molecule has 0 spiro atoms. The van der Waals surface area contributed by atoms with Crippen LogP contribution in [0, 0.1) is 5.82 Å². The molecule has 2 N–H and O–H groups in total. The van der Waals surface area contributed by atoms with Gasteiger partial charge in [-0.1, -0.05) is 48.5 Å². The predicted molar refractivity (Wildman–Crippen MR) is 109 cm³/mol. The first-order chi connectivity index (χ1) is 14.5. The Morgan fingerprint density at radius 3 is 2.20 bits per heavy atom. The molecule has 0 radical (unpaired) electrons. The average molecular weight is 407 g/mol. The van der Waals surface area contributed by atoms with Crippen LogP contribution in [0.5, 0.6) is 5.75 Å². The van der Waals surface area contributed by atoms with Crippen molar-refractivity contribution >= 4 is 17.7 Å². The van der Waals surface area contributed by atoms with Gasteiger partial charge in [0.2, 0.25) is 0 Å². The van der Waals surface area contributed by atoms with E-state index in [9.17, 15) is 19.1 Å². The Kier molecular flexibility index (Phi) is 5.10. The van der Waals surface area contributed by atoms with Crippen LogP contribution in [0.3, 0.4) is 0 Å². The molecule has 0 unspecified atom stereocenters. The van der Waals surface area contributed by atoms with Crippen LogP contribution in [-0.4, -0.2) is 30.9 Å². The van der Waals surface area contributed by atoms with E-state index in [-0.39, 0.29) is 24.0 Å². The molecule has 3 aromatic rings. The molecule has 0 saturated heterocycles. The minimum absolute atomic E-state index is 0.0700. The van der Waals surface area contributed by atoms with Gasteiger partial charge < -0.3 is 14.6 Å². The maximum Gasteiger partial charge on any atom is 0.411 e. The molecule has 30 heavy (non-hydrogen) atoms. The van der Waals surface area contributed by atoms with Crippen LogP contribution in [0.15, 0.2) is 60.7 Å². The summed E-state index contributed by atoms with van der Waals surface area (Å²) in [6, 6.07) is 17.7. The zero-order valence-electron chi connectivity index (χ0n) is 16.0. The smallest absolute Gasteiger partial charge is 0.411 e. The molecule has 0 atom stereocenters. The number of rotatable bonds is 5. The number of carbonyl (C=O) groups excluding carboxylic acids is 1. The van der Waals surface area contributed by atoms with Crippen LogP contribution in [0.4, 0.5) is 14.9 Å². The fourth-order valence-electron chi connectivity index (χ4n) is 3.73. The van der Waals surface area contributed by atoms with E-state index in [1.54, 1.807) is 0 Å². The lowest BCUT2D eigenvalue weighted by atomic mass is 9.98. The molecular formula is C23H18FNO5. The van der Waals surface area contributed by atoms with Gasteiger partial charge in [-0.25, -0.2) is 14.0 Å². The fraction of sp³-hybridized carbons (Fsp3) is 0.130. The van der Waals surface area contributed by atoms with E-state index in [0.29, 0.717) is 0 Å². The molecule has 0 bridgehead atoms. The van der Waals surface area contributed by atoms with Gasteiger partial charge in [0, 0.05) is 12.0 Å². The van der Waals surface area contributed by atoms with E-state index in [0.717, 1.165) is 34.4 Å². The van der Waals surface area contributed by atoms with Crippen molar-refractivity contribution in [2.75, 3.05) is 19.0 Å². The molecule has 0 heterocycles. The molecule has 4 rings (SSSR count). The van der Waals surface area contributed by atoms with Crippen LogP contribution in [0.2, 0.25) is 0 Å². The van der Waals surface area contributed by atoms with Crippen LogP contribution >= 0.6 is 0 Å². The minimum atomic E-state index is -1.38. The zero-order valence-corrected chi connectivity index (χ0v) is 16.0. The van der Waals surface area contributed by atoms with Crippen molar-refractivity contribution < 1.29 is 28.6 Å². The highest BCUT2D eigenvalue weighted by molar-refractivity contribution is 5.99. The molecule has 6 nitrogen and oxygen atoms in total. The summed E-state index contributed by atoms with van der Waals surface area (Å²) in [5.74, 6) is -2.54. The summed E-state index contributed by atoms with van der Waals surface area (Å²) in [4.78, 5) is 23.8. The van der Waals surface area contributed by atoms with Crippen molar-refractivity contribution in [3.63, 3.8) is 0 Å². The molecule has 0 aromatic heterocycles. The third kappa shape index (κ3) is 3.45. The highest BCUT2D eigenvalue weighted by Gasteiger charge is 2.29. The number of carbonyl (C=O) groups is 2. The van der Waals surface area contributed by atoms with Crippen molar-refractivity contribution in [3.8, 4) is 16.9 Å². The number of hydrogen-bond acceptors (Lipinski definition) is 4. The summed E-state index contributed by atoms with van der Waals surface area (Å²) < 4.78 is 24.1. The number of carboxylic acids is 1. The summed E-state index contributed by atoms with van der Waals surface area (Å²) in [5, 5.41) is 11.7. The lowest BCUT2D eigenvalue weighted by Crippen LogP contribution is -2.19. The van der Waals surface area contributed by atoms with Gasteiger partial charge in [-0.3, -0.25) is 5.32 Å². The largest absolute Gasteiger partial charge is 0.494 e. The number of amides is 1. The second kappa shape index (κ2) is 7.87. The number of nitrogens with one attached hydrogen (secondary N) is 1. The van der Waals surface area contributed by atoms with Crippen molar-refractivity contribution in [1.29, 1.82) is 0 Å². The Labute approximate surface area is 171 Å². The maximum absolute atomic E-state index is 13.8. The van der Waals surface area contributed by atoms with Crippen LogP contribution < -0.4 is 10.1 Å². The zero-order chi connectivity index (χ0) is 21.3. The molecule has 0 fully saturated rings. The van der Waals surface area contributed by atoms with Gasteiger partial charge in [0.25, 0.3) is 0 Å². The number of anilines is 1. The number of halogens is 1. The number of ether oxygens (including phenoxy) is 2. The van der Waals surface area contributed by atoms with E-state index < -0.39 is 23.4 Å². The summed E-state index contributed by atoms with van der Waals surface area (Å²) in [6.45, 7) is 0.0700. The normalized spacial score (nSPS) is 12.1. The SMILES string of the molecule is COc1cc(NC(=O)OCC2c3ccccc3-c3ccccc32)c(C(=O)O)cc1F. The third-order valence-electron chi connectivity index (χ3n) is 5.10. The number of hydrogen-bond donors (Lipinski definition) is 2. The maximum atomic E-state index is 13.8. The van der Waals surface area contributed by atoms with Gasteiger partial charge >= 0.3 is 12.1 Å². The standard InChI is InChI=1S/C23H18FNO5/c1-29-21-11-20(17(22(26)27)10-19(21)24)25-23(28)30-12-18-15-8-4-2-6-13(15)14-7-3-5-9-16(14)18/h2-11,18H,12H2,1H3,(H,25,28)(H,26,27). The first-order valence-electron chi connectivity index (χ1n) is 9.22. The van der Waals surface area contributed by atoms with Gasteiger partial charge in [0.05, 0.1) is 18.4 Å². The third-order valence-corrected chi connectivity index (χ3v) is 5.10. The summed E-state index contributed by atoms with van der Waals surface area (Å²) in [5.41, 5.74) is 3.79. The van der Waals surface area contributed by atoms with Crippen LogP contribution in [0.1, 0.15) is 27.4 Å². The molecule has 7 heteroatoms. The second-order valence-corrected chi connectivity index (χ2v) is 6.79. The first-order valence-corrected chi connectivity index (χ1v) is 9.22. The van der Waals surface area contributed by atoms with Gasteiger partial charge in [0.15, 0.2) is 11.6 Å². The Morgan fingerprint density at radius 1 is 1.03 bits per heavy atom. The lowest BCUT2D eigenvalue weighted by molar-refractivity contribution is 0.0697. The average Bonchev–Trinajstić information content (AvgIpc) is 3.07. The summed E-state index contributed by atoms with van der Waals surface area (Å²) in [7, 11) is 1.25. The molecule has 1 aliphatic rings. The van der Waals surface area contributed by atoms with Gasteiger partial charge in [-0.2, -0.15) is 0 Å². The number of benzene rings is 3.